The molecule has 1 aromatic carbocycles. The number of rotatable bonds is 6. The van der Waals surface area contributed by atoms with Gasteiger partial charge in [-0.3, -0.25) is 0 Å². The van der Waals surface area contributed by atoms with Gasteiger partial charge in [-0.05, 0) is 36.1 Å². The summed E-state index contributed by atoms with van der Waals surface area (Å²) in [6.07, 6.45) is -2.15. The molecule has 0 fully saturated rings. The van der Waals surface area contributed by atoms with E-state index in [9.17, 15) is 13.2 Å². The number of aliphatic hydroxyl groups excluding tert-OH is 1. The summed E-state index contributed by atoms with van der Waals surface area (Å²) in [4.78, 5) is 0. The molecule has 1 radical (unpaired) electrons. The molecule has 0 saturated carbocycles. The van der Waals surface area contributed by atoms with Gasteiger partial charge in [0.15, 0.2) is 0 Å². The predicted molar refractivity (Wildman–Crippen MR) is 66.8 cm³/mol. The highest BCUT2D eigenvalue weighted by Crippen LogP contribution is 2.28. The summed E-state index contributed by atoms with van der Waals surface area (Å²) >= 11 is 0. The summed E-state index contributed by atoms with van der Waals surface area (Å²) in [5.74, 6) is 0.384. The van der Waals surface area contributed by atoms with Crippen molar-refractivity contribution in [3.8, 4) is 5.75 Å². The molecule has 0 saturated heterocycles. The largest absolute Gasteiger partial charge is 0.573 e. The highest BCUT2D eigenvalue weighted by molar-refractivity contribution is 5.41. The van der Waals surface area contributed by atoms with E-state index in [2.05, 4.69) is 4.74 Å². The van der Waals surface area contributed by atoms with Crippen LogP contribution < -0.4 is 4.74 Å². The van der Waals surface area contributed by atoms with Gasteiger partial charge in [-0.15, -0.1) is 13.2 Å². The van der Waals surface area contributed by atoms with E-state index in [0.29, 0.717) is 17.9 Å². The lowest BCUT2D eigenvalue weighted by molar-refractivity contribution is -0.274. The van der Waals surface area contributed by atoms with Gasteiger partial charge in [-0.25, -0.2) is 0 Å². The van der Waals surface area contributed by atoms with E-state index < -0.39 is 6.36 Å². The molecule has 19 heavy (non-hydrogen) atoms. The van der Waals surface area contributed by atoms with Gasteiger partial charge < -0.3 is 9.84 Å². The molecule has 0 aliphatic heterocycles. The Labute approximate surface area is 111 Å². The second-order valence-corrected chi connectivity index (χ2v) is 4.46. The van der Waals surface area contributed by atoms with Crippen LogP contribution in [0.15, 0.2) is 18.2 Å². The van der Waals surface area contributed by atoms with Crippen LogP contribution in [0.3, 0.4) is 0 Å². The molecule has 0 spiro atoms. The minimum absolute atomic E-state index is 0.192. The van der Waals surface area contributed by atoms with Crippen molar-refractivity contribution in [3.05, 3.63) is 35.2 Å². The topological polar surface area (TPSA) is 29.5 Å². The molecule has 1 N–H and O–H groups in total. The van der Waals surface area contributed by atoms with E-state index in [1.54, 1.807) is 13.0 Å². The molecule has 1 aromatic rings. The highest BCUT2D eigenvalue weighted by Gasteiger charge is 2.31. The van der Waals surface area contributed by atoms with Crippen LogP contribution in [0.1, 0.15) is 37.8 Å². The normalized spacial score (nSPS) is 11.9. The summed E-state index contributed by atoms with van der Waals surface area (Å²) in [5.41, 5.74) is 1.36. The first-order valence-electron chi connectivity index (χ1n) is 6.19. The van der Waals surface area contributed by atoms with E-state index in [-0.39, 0.29) is 12.4 Å². The van der Waals surface area contributed by atoms with Gasteiger partial charge in [0.25, 0.3) is 0 Å². The zero-order valence-electron chi connectivity index (χ0n) is 11.0. The van der Waals surface area contributed by atoms with Crippen molar-refractivity contribution in [3.63, 3.8) is 0 Å². The molecule has 0 unspecified atom stereocenters. The third-order valence-electron chi connectivity index (χ3n) is 2.75. The zero-order chi connectivity index (χ0) is 14.5. The predicted octanol–water partition coefficient (Wildman–Crippen LogP) is 3.86. The molecule has 5 heteroatoms. The molecular formula is C14H18F3O2. The van der Waals surface area contributed by atoms with Gasteiger partial charge in [0.1, 0.15) is 5.75 Å². The van der Waals surface area contributed by atoms with Gasteiger partial charge in [0, 0.05) is 5.92 Å². The standard InChI is InChI=1S/C14H18F3O2/c1-3-4-5-11-6-12(10(2)9-18)8-13(7-11)19-14(15,16)17/h6-8,18H,3-5,9H2,1-2H3. The van der Waals surface area contributed by atoms with Crippen molar-refractivity contribution in [2.45, 2.75) is 39.5 Å². The molecule has 0 aliphatic rings. The van der Waals surface area contributed by atoms with Gasteiger partial charge in [-0.2, -0.15) is 0 Å². The Morgan fingerprint density at radius 3 is 2.47 bits per heavy atom. The summed E-state index contributed by atoms with van der Waals surface area (Å²) in [7, 11) is 0. The van der Waals surface area contributed by atoms with Crippen LogP contribution in [-0.4, -0.2) is 18.1 Å². The molecular weight excluding hydrogens is 257 g/mol. The number of halogens is 3. The maximum atomic E-state index is 12.3. The Hall–Kier alpha value is -1.23. The first-order valence-corrected chi connectivity index (χ1v) is 6.19. The van der Waals surface area contributed by atoms with Crippen LogP contribution in [-0.2, 0) is 6.42 Å². The average molecular weight is 275 g/mol. The molecule has 0 aliphatic carbocycles. The molecule has 0 bridgehead atoms. The molecule has 2 nitrogen and oxygen atoms in total. The number of ether oxygens (including phenoxy) is 1. The lowest BCUT2D eigenvalue weighted by atomic mass is 9.97. The maximum Gasteiger partial charge on any atom is 0.573 e. The summed E-state index contributed by atoms with van der Waals surface area (Å²) in [6.45, 7) is 3.50. The fourth-order valence-corrected chi connectivity index (χ4v) is 1.72. The summed E-state index contributed by atoms with van der Waals surface area (Å²) < 4.78 is 40.7. The average Bonchev–Trinajstić information content (AvgIpc) is 2.33. The van der Waals surface area contributed by atoms with Gasteiger partial charge in [0.05, 0.1) is 6.61 Å². The molecule has 0 aromatic heterocycles. The van der Waals surface area contributed by atoms with E-state index in [1.807, 2.05) is 6.92 Å². The molecule has 0 atom stereocenters. The van der Waals surface area contributed by atoms with E-state index >= 15 is 0 Å². The van der Waals surface area contributed by atoms with Gasteiger partial charge in [-0.1, -0.05) is 26.3 Å². The van der Waals surface area contributed by atoms with Crippen molar-refractivity contribution in [1.82, 2.24) is 0 Å². The Morgan fingerprint density at radius 1 is 1.26 bits per heavy atom. The van der Waals surface area contributed by atoms with Crippen LogP contribution in [0.5, 0.6) is 5.75 Å². The van der Waals surface area contributed by atoms with Crippen LogP contribution in [0.2, 0.25) is 0 Å². The second-order valence-electron chi connectivity index (χ2n) is 4.46. The number of alkyl halides is 3. The van der Waals surface area contributed by atoms with E-state index in [4.69, 9.17) is 5.11 Å². The molecule has 0 heterocycles. The van der Waals surface area contributed by atoms with Crippen molar-refractivity contribution in [2.24, 2.45) is 0 Å². The van der Waals surface area contributed by atoms with Crippen molar-refractivity contribution < 1.29 is 23.0 Å². The van der Waals surface area contributed by atoms with Crippen LogP contribution in [0, 0.1) is 5.92 Å². The highest BCUT2D eigenvalue weighted by atomic mass is 19.4. The van der Waals surface area contributed by atoms with Crippen molar-refractivity contribution >= 4 is 0 Å². The lowest BCUT2D eigenvalue weighted by Crippen LogP contribution is -2.17. The van der Waals surface area contributed by atoms with Crippen LogP contribution >= 0.6 is 0 Å². The van der Waals surface area contributed by atoms with Gasteiger partial charge in [0.2, 0.25) is 0 Å². The smallest absolute Gasteiger partial charge is 0.406 e. The van der Waals surface area contributed by atoms with Crippen molar-refractivity contribution in [2.75, 3.05) is 6.61 Å². The first-order chi connectivity index (χ1) is 8.85. The zero-order valence-corrected chi connectivity index (χ0v) is 11.0. The van der Waals surface area contributed by atoms with Crippen molar-refractivity contribution in [1.29, 1.82) is 0 Å². The molecule has 107 valence electrons. The number of unbranched alkanes of at least 4 members (excludes halogenated alkanes) is 1. The van der Waals surface area contributed by atoms with Crippen LogP contribution in [0.4, 0.5) is 13.2 Å². The van der Waals surface area contributed by atoms with Gasteiger partial charge >= 0.3 is 6.36 Å². The lowest BCUT2D eigenvalue weighted by Gasteiger charge is -2.15. The third-order valence-corrected chi connectivity index (χ3v) is 2.75. The quantitative estimate of drug-likeness (QED) is 0.854. The fraction of sp³-hybridized carbons (Fsp3) is 0.500. The third kappa shape index (κ3) is 5.51. The Kier molecular flexibility index (Phi) is 5.66. The maximum absolute atomic E-state index is 12.3. The van der Waals surface area contributed by atoms with E-state index in [0.717, 1.165) is 18.4 Å². The number of hydrogen-bond donors (Lipinski definition) is 1. The molecule has 1 rings (SSSR count). The minimum Gasteiger partial charge on any atom is -0.406 e. The number of aryl methyl sites for hydroxylation is 1. The second kappa shape index (κ2) is 6.80. The van der Waals surface area contributed by atoms with Crippen LogP contribution in [0.25, 0.3) is 0 Å². The SMILES string of the molecule is CCCCc1cc(OC(F)(F)F)cc([C](C)CO)c1. The van der Waals surface area contributed by atoms with E-state index in [1.165, 1.54) is 12.1 Å². The minimum atomic E-state index is -4.70. The Balaban J connectivity index is 3.01. The summed E-state index contributed by atoms with van der Waals surface area (Å²) in [5, 5.41) is 9.08. The number of hydrogen-bond acceptors (Lipinski definition) is 2. The first kappa shape index (κ1) is 15.8. The number of aliphatic hydroxyl groups is 1. The number of benzene rings is 1. The summed E-state index contributed by atoms with van der Waals surface area (Å²) in [6, 6.07) is 4.50. The molecule has 0 amide bonds. The Morgan fingerprint density at radius 2 is 1.95 bits per heavy atom. The Bertz CT molecular complexity index is 402. The monoisotopic (exact) mass is 275 g/mol. The fourth-order valence-electron chi connectivity index (χ4n) is 1.72.